The number of hydrogen-bond acceptors (Lipinski definition) is 3. The van der Waals surface area contributed by atoms with E-state index in [0.717, 1.165) is 30.4 Å². The van der Waals surface area contributed by atoms with Crippen LogP contribution in [0.4, 0.5) is 0 Å². The van der Waals surface area contributed by atoms with Crippen LogP contribution in [0, 0.1) is 0 Å². The molecule has 1 aromatic heterocycles. The SMILES string of the molecule is CCNC(=NCC(C)Oc1ccc(Cl)cc1)N(C)Cc1cnn(C)c1.I. The Morgan fingerprint density at radius 3 is 2.65 bits per heavy atom. The number of hydrogen-bond donors (Lipinski definition) is 1. The molecule has 1 heterocycles. The normalized spacial score (nSPS) is 12.3. The van der Waals surface area contributed by atoms with Gasteiger partial charge in [-0.05, 0) is 38.1 Å². The van der Waals surface area contributed by atoms with Gasteiger partial charge in [-0.15, -0.1) is 24.0 Å². The van der Waals surface area contributed by atoms with Gasteiger partial charge < -0.3 is 15.0 Å². The lowest BCUT2D eigenvalue weighted by Gasteiger charge is -2.22. The number of halogens is 2. The molecule has 2 rings (SSSR count). The van der Waals surface area contributed by atoms with E-state index < -0.39 is 0 Å². The Balaban J connectivity index is 0.00000338. The van der Waals surface area contributed by atoms with Crippen molar-refractivity contribution in [2.75, 3.05) is 20.1 Å². The van der Waals surface area contributed by atoms with E-state index in [9.17, 15) is 0 Å². The number of ether oxygens (including phenoxy) is 1. The van der Waals surface area contributed by atoms with Gasteiger partial charge in [0.2, 0.25) is 0 Å². The maximum atomic E-state index is 5.89. The van der Waals surface area contributed by atoms with Gasteiger partial charge in [0.15, 0.2) is 5.96 Å². The summed E-state index contributed by atoms with van der Waals surface area (Å²) in [5.74, 6) is 1.64. The van der Waals surface area contributed by atoms with Crippen molar-refractivity contribution in [1.29, 1.82) is 0 Å². The molecule has 0 bridgehead atoms. The van der Waals surface area contributed by atoms with Gasteiger partial charge in [0, 0.05) is 44.0 Å². The van der Waals surface area contributed by atoms with E-state index in [-0.39, 0.29) is 30.1 Å². The van der Waals surface area contributed by atoms with Gasteiger partial charge in [0.1, 0.15) is 11.9 Å². The second-order valence-corrected chi connectivity index (χ2v) is 6.39. The molecule has 0 aliphatic carbocycles. The Hall–Kier alpha value is -1.48. The predicted octanol–water partition coefficient (Wildman–Crippen LogP) is 3.56. The number of aryl methyl sites for hydroxylation is 1. The third-order valence-electron chi connectivity index (χ3n) is 3.52. The van der Waals surface area contributed by atoms with E-state index in [1.807, 2.05) is 57.7 Å². The topological polar surface area (TPSA) is 54.7 Å². The van der Waals surface area contributed by atoms with Crippen molar-refractivity contribution in [3.8, 4) is 5.75 Å². The van der Waals surface area contributed by atoms with Gasteiger partial charge >= 0.3 is 0 Å². The number of guanidine groups is 1. The highest BCUT2D eigenvalue weighted by atomic mass is 127. The maximum absolute atomic E-state index is 5.89. The van der Waals surface area contributed by atoms with E-state index in [4.69, 9.17) is 16.3 Å². The van der Waals surface area contributed by atoms with Crippen LogP contribution < -0.4 is 10.1 Å². The van der Waals surface area contributed by atoms with Crippen molar-refractivity contribution in [2.24, 2.45) is 12.0 Å². The first-order chi connectivity index (χ1) is 12.0. The number of benzene rings is 1. The molecule has 8 heteroatoms. The van der Waals surface area contributed by atoms with Gasteiger partial charge in [-0.25, -0.2) is 4.99 Å². The van der Waals surface area contributed by atoms with Gasteiger partial charge in [-0.1, -0.05) is 11.6 Å². The fraction of sp³-hybridized carbons (Fsp3) is 0.444. The van der Waals surface area contributed by atoms with Crippen molar-refractivity contribution in [2.45, 2.75) is 26.5 Å². The zero-order valence-corrected chi connectivity index (χ0v) is 18.7. The lowest BCUT2D eigenvalue weighted by atomic mass is 10.3. The monoisotopic (exact) mass is 491 g/mol. The second-order valence-electron chi connectivity index (χ2n) is 5.96. The lowest BCUT2D eigenvalue weighted by molar-refractivity contribution is 0.229. The van der Waals surface area contributed by atoms with Crippen LogP contribution in [0.5, 0.6) is 5.75 Å². The highest BCUT2D eigenvalue weighted by Gasteiger charge is 2.09. The van der Waals surface area contributed by atoms with E-state index >= 15 is 0 Å². The minimum atomic E-state index is -0.0402. The molecule has 0 saturated carbocycles. The molecule has 26 heavy (non-hydrogen) atoms. The fourth-order valence-electron chi connectivity index (χ4n) is 2.37. The smallest absolute Gasteiger partial charge is 0.194 e. The summed E-state index contributed by atoms with van der Waals surface area (Å²) in [7, 11) is 3.93. The number of nitrogens with one attached hydrogen (secondary N) is 1. The molecule has 2 aromatic rings. The molecule has 0 saturated heterocycles. The molecule has 0 spiro atoms. The number of aromatic nitrogens is 2. The summed E-state index contributed by atoms with van der Waals surface area (Å²) in [6, 6.07) is 7.36. The Morgan fingerprint density at radius 1 is 1.38 bits per heavy atom. The van der Waals surface area contributed by atoms with Crippen LogP contribution in [0.1, 0.15) is 19.4 Å². The molecule has 1 unspecified atom stereocenters. The highest BCUT2D eigenvalue weighted by molar-refractivity contribution is 14.0. The van der Waals surface area contributed by atoms with Crippen LogP contribution in [0.15, 0.2) is 41.7 Å². The third kappa shape index (κ3) is 7.41. The Kier molecular flexibility index (Phi) is 9.79. The Labute approximate surface area is 177 Å². The second kappa shape index (κ2) is 11.3. The van der Waals surface area contributed by atoms with Crippen LogP contribution in [-0.4, -0.2) is 46.9 Å². The summed E-state index contributed by atoms with van der Waals surface area (Å²) < 4.78 is 7.67. The number of rotatable bonds is 7. The molecule has 0 amide bonds. The van der Waals surface area contributed by atoms with Crippen molar-refractivity contribution < 1.29 is 4.74 Å². The van der Waals surface area contributed by atoms with Crippen LogP contribution in [0.25, 0.3) is 0 Å². The minimum absolute atomic E-state index is 0. The molecule has 144 valence electrons. The van der Waals surface area contributed by atoms with Crippen molar-refractivity contribution in [3.63, 3.8) is 0 Å². The molecule has 6 nitrogen and oxygen atoms in total. The summed E-state index contributed by atoms with van der Waals surface area (Å²) in [5, 5.41) is 8.21. The fourth-order valence-corrected chi connectivity index (χ4v) is 2.50. The number of aliphatic imine (C=N–C) groups is 1. The molecule has 1 atom stereocenters. The predicted molar refractivity (Wildman–Crippen MR) is 118 cm³/mol. The van der Waals surface area contributed by atoms with E-state index in [1.165, 1.54) is 0 Å². The molecule has 1 aromatic carbocycles. The van der Waals surface area contributed by atoms with E-state index in [2.05, 4.69) is 27.2 Å². The molecule has 0 aliphatic heterocycles. The molecule has 0 aliphatic rings. The molecule has 1 N–H and O–H groups in total. The minimum Gasteiger partial charge on any atom is -0.489 e. The van der Waals surface area contributed by atoms with Crippen molar-refractivity contribution in [3.05, 3.63) is 47.2 Å². The Bertz CT molecular complexity index is 689. The average Bonchev–Trinajstić information content (AvgIpc) is 2.98. The van der Waals surface area contributed by atoms with Gasteiger partial charge in [-0.3, -0.25) is 4.68 Å². The quantitative estimate of drug-likeness (QED) is 0.366. The molecular weight excluding hydrogens is 465 g/mol. The van der Waals surface area contributed by atoms with Crippen molar-refractivity contribution >= 4 is 41.5 Å². The largest absolute Gasteiger partial charge is 0.489 e. The highest BCUT2D eigenvalue weighted by Crippen LogP contribution is 2.16. The van der Waals surface area contributed by atoms with Gasteiger partial charge in [0.25, 0.3) is 0 Å². The summed E-state index contributed by atoms with van der Waals surface area (Å²) in [6.45, 7) is 6.17. The summed E-state index contributed by atoms with van der Waals surface area (Å²) in [5.41, 5.74) is 1.14. The Morgan fingerprint density at radius 2 is 2.08 bits per heavy atom. The van der Waals surface area contributed by atoms with Crippen molar-refractivity contribution in [1.82, 2.24) is 20.0 Å². The first kappa shape index (κ1) is 22.6. The average molecular weight is 492 g/mol. The summed E-state index contributed by atoms with van der Waals surface area (Å²) in [4.78, 5) is 6.76. The van der Waals surface area contributed by atoms with Crippen LogP contribution in [0.3, 0.4) is 0 Å². The van der Waals surface area contributed by atoms with Crippen LogP contribution in [0.2, 0.25) is 5.02 Å². The summed E-state index contributed by atoms with van der Waals surface area (Å²) in [6.07, 6.45) is 3.83. The zero-order chi connectivity index (χ0) is 18.2. The molecular formula is C18H27ClIN5O. The van der Waals surface area contributed by atoms with Crippen LogP contribution >= 0.6 is 35.6 Å². The van der Waals surface area contributed by atoms with Gasteiger partial charge in [0.05, 0.1) is 12.7 Å². The first-order valence-electron chi connectivity index (χ1n) is 8.37. The maximum Gasteiger partial charge on any atom is 0.194 e. The first-order valence-corrected chi connectivity index (χ1v) is 8.75. The van der Waals surface area contributed by atoms with Gasteiger partial charge in [-0.2, -0.15) is 5.10 Å². The number of nitrogens with zero attached hydrogens (tertiary/aromatic N) is 4. The standard InChI is InChI=1S/C18H26ClN5O.HI/c1-5-20-18(23(3)12-15-11-22-24(4)13-15)21-10-14(2)25-17-8-6-16(19)7-9-17;/h6-9,11,13-14H,5,10,12H2,1-4H3,(H,20,21);1H. The third-order valence-corrected chi connectivity index (χ3v) is 3.78. The van der Waals surface area contributed by atoms with E-state index in [0.29, 0.717) is 11.6 Å². The van der Waals surface area contributed by atoms with E-state index in [1.54, 1.807) is 4.68 Å². The zero-order valence-electron chi connectivity index (χ0n) is 15.6. The lowest BCUT2D eigenvalue weighted by Crippen LogP contribution is -2.39. The molecule has 0 radical (unpaired) electrons. The summed E-state index contributed by atoms with van der Waals surface area (Å²) >= 11 is 5.89. The molecule has 0 fully saturated rings. The van der Waals surface area contributed by atoms with Crippen LogP contribution in [-0.2, 0) is 13.6 Å².